The van der Waals surface area contributed by atoms with Crippen LogP contribution in [0.15, 0.2) is 29.1 Å². The minimum Gasteiger partial charge on any atom is -0.320 e. The van der Waals surface area contributed by atoms with Crippen molar-refractivity contribution >= 4 is 11.6 Å². The predicted molar refractivity (Wildman–Crippen MR) is 76.8 cm³/mol. The molecular formula is C14H15ClFN3O. The van der Waals surface area contributed by atoms with Crippen molar-refractivity contribution in [2.24, 2.45) is 5.73 Å². The lowest BCUT2D eigenvalue weighted by Gasteiger charge is -2.19. The molecule has 2 aromatic rings. The van der Waals surface area contributed by atoms with Crippen molar-refractivity contribution in [2.45, 2.75) is 26.3 Å². The zero-order valence-electron chi connectivity index (χ0n) is 11.4. The van der Waals surface area contributed by atoms with Crippen LogP contribution in [0.3, 0.4) is 0 Å². The lowest BCUT2D eigenvalue weighted by Crippen LogP contribution is -2.37. The Morgan fingerprint density at radius 2 is 2.00 bits per heavy atom. The predicted octanol–water partition coefficient (Wildman–Crippen LogP) is 2.53. The number of hydrogen-bond donors (Lipinski definition) is 1. The van der Waals surface area contributed by atoms with Gasteiger partial charge in [-0.1, -0.05) is 11.6 Å². The van der Waals surface area contributed by atoms with Gasteiger partial charge in [0.2, 0.25) is 5.43 Å². The third kappa shape index (κ3) is 2.73. The lowest BCUT2D eigenvalue weighted by molar-refractivity contribution is 0.510. The van der Waals surface area contributed by atoms with Gasteiger partial charge >= 0.3 is 0 Å². The summed E-state index contributed by atoms with van der Waals surface area (Å²) in [6.07, 6.45) is 0. The van der Waals surface area contributed by atoms with Crippen LogP contribution >= 0.6 is 11.6 Å². The van der Waals surface area contributed by atoms with Gasteiger partial charge in [0.05, 0.1) is 16.2 Å². The van der Waals surface area contributed by atoms with Crippen LogP contribution < -0.4 is 11.2 Å². The summed E-state index contributed by atoms with van der Waals surface area (Å²) in [6, 6.07) is 5.70. The van der Waals surface area contributed by atoms with E-state index in [1.807, 2.05) is 0 Å². The highest BCUT2D eigenvalue weighted by Crippen LogP contribution is 2.20. The normalized spacial score (nSPS) is 11.7. The van der Waals surface area contributed by atoms with Gasteiger partial charge < -0.3 is 5.73 Å². The van der Waals surface area contributed by atoms with E-state index in [0.29, 0.717) is 11.4 Å². The van der Waals surface area contributed by atoms with Gasteiger partial charge in [-0.25, -0.2) is 9.07 Å². The molecule has 2 N–H and O–H groups in total. The Hall–Kier alpha value is -1.72. The number of halogens is 2. The summed E-state index contributed by atoms with van der Waals surface area (Å²) in [5.74, 6) is -0.506. The fraction of sp³-hybridized carbons (Fsp3) is 0.286. The number of nitrogens with zero attached hydrogens (tertiary/aromatic N) is 2. The van der Waals surface area contributed by atoms with Gasteiger partial charge in [-0.15, -0.1) is 0 Å². The molecule has 0 spiro atoms. The zero-order chi connectivity index (χ0) is 15.1. The number of hydrogen-bond acceptors (Lipinski definition) is 3. The summed E-state index contributed by atoms with van der Waals surface area (Å²) in [5, 5.41) is 4.28. The number of rotatable bonds is 2. The third-order valence-corrected chi connectivity index (χ3v) is 3.16. The van der Waals surface area contributed by atoms with Crippen molar-refractivity contribution < 1.29 is 4.39 Å². The van der Waals surface area contributed by atoms with Crippen LogP contribution in [0, 0.1) is 12.7 Å². The van der Waals surface area contributed by atoms with E-state index >= 15 is 0 Å². The maximum absolute atomic E-state index is 13.2. The van der Waals surface area contributed by atoms with Gasteiger partial charge in [-0.05, 0) is 39.0 Å². The van der Waals surface area contributed by atoms with E-state index in [0.717, 1.165) is 0 Å². The zero-order valence-corrected chi connectivity index (χ0v) is 12.2. The Morgan fingerprint density at radius 3 is 2.55 bits per heavy atom. The van der Waals surface area contributed by atoms with Crippen LogP contribution in [0.2, 0.25) is 5.02 Å². The van der Waals surface area contributed by atoms with Crippen LogP contribution in [-0.4, -0.2) is 9.78 Å². The molecular weight excluding hydrogens is 281 g/mol. The highest BCUT2D eigenvalue weighted by Gasteiger charge is 2.21. The Kier molecular flexibility index (Phi) is 3.67. The van der Waals surface area contributed by atoms with Crippen molar-refractivity contribution in [3.05, 3.63) is 56.7 Å². The van der Waals surface area contributed by atoms with Crippen LogP contribution in [0.25, 0.3) is 5.69 Å². The molecule has 0 bridgehead atoms. The first-order valence-electron chi connectivity index (χ1n) is 6.06. The molecule has 0 radical (unpaired) electrons. The molecule has 1 aromatic carbocycles. The highest BCUT2D eigenvalue weighted by molar-refractivity contribution is 6.30. The minimum atomic E-state index is -0.865. The number of aromatic nitrogens is 2. The molecule has 0 aliphatic heterocycles. The fourth-order valence-corrected chi connectivity index (χ4v) is 2.05. The fourth-order valence-electron chi connectivity index (χ4n) is 1.87. The van der Waals surface area contributed by atoms with Gasteiger partial charge in [0.15, 0.2) is 0 Å². The summed E-state index contributed by atoms with van der Waals surface area (Å²) in [5.41, 5.74) is 6.28. The van der Waals surface area contributed by atoms with Gasteiger partial charge in [-0.3, -0.25) is 4.79 Å². The monoisotopic (exact) mass is 295 g/mol. The molecule has 1 heterocycles. The summed E-state index contributed by atoms with van der Waals surface area (Å²) in [4.78, 5) is 11.9. The average molecular weight is 296 g/mol. The first-order chi connectivity index (χ1) is 9.20. The van der Waals surface area contributed by atoms with Crippen LogP contribution in [0.1, 0.15) is 25.2 Å². The largest absolute Gasteiger partial charge is 0.320 e. The summed E-state index contributed by atoms with van der Waals surface area (Å²) >= 11 is 5.77. The first kappa shape index (κ1) is 14.7. The van der Waals surface area contributed by atoms with E-state index < -0.39 is 11.4 Å². The molecule has 4 nitrogen and oxygen atoms in total. The SMILES string of the molecule is Cc1cc(=O)c(C(C)(C)N)nn1-c1ccc(F)c(Cl)c1. The molecule has 2 rings (SSSR count). The van der Waals surface area contributed by atoms with Crippen molar-refractivity contribution in [1.29, 1.82) is 0 Å². The average Bonchev–Trinajstić information content (AvgIpc) is 2.31. The lowest BCUT2D eigenvalue weighted by atomic mass is 10.0. The molecule has 1 aromatic heterocycles. The maximum atomic E-state index is 13.2. The third-order valence-electron chi connectivity index (χ3n) is 2.87. The second-order valence-corrected chi connectivity index (χ2v) is 5.64. The number of aryl methyl sites for hydroxylation is 1. The van der Waals surface area contributed by atoms with E-state index in [9.17, 15) is 9.18 Å². The molecule has 0 amide bonds. The maximum Gasteiger partial charge on any atom is 0.205 e. The Labute approximate surface area is 121 Å². The second kappa shape index (κ2) is 5.00. The molecule has 20 heavy (non-hydrogen) atoms. The van der Waals surface area contributed by atoms with Crippen molar-refractivity contribution in [1.82, 2.24) is 9.78 Å². The van der Waals surface area contributed by atoms with Gasteiger partial charge in [0.25, 0.3) is 0 Å². The quantitative estimate of drug-likeness (QED) is 0.926. The van der Waals surface area contributed by atoms with Crippen LogP contribution in [0.4, 0.5) is 4.39 Å². The van der Waals surface area contributed by atoms with E-state index in [2.05, 4.69) is 5.10 Å². The summed E-state index contributed by atoms with van der Waals surface area (Å²) in [6.45, 7) is 5.14. The van der Waals surface area contributed by atoms with Crippen LogP contribution in [0.5, 0.6) is 0 Å². The standard InChI is InChI=1S/C14H15ClFN3O/c1-8-6-12(20)13(14(2,3)17)18-19(8)9-4-5-11(16)10(15)7-9/h4-7H,17H2,1-3H3. The Balaban J connectivity index is 2.68. The molecule has 0 saturated carbocycles. The summed E-state index contributed by atoms with van der Waals surface area (Å²) < 4.78 is 14.7. The first-order valence-corrected chi connectivity index (χ1v) is 6.43. The molecule has 0 fully saturated rings. The molecule has 106 valence electrons. The topological polar surface area (TPSA) is 60.9 Å². The molecule has 0 unspecified atom stereocenters. The van der Waals surface area contributed by atoms with Gasteiger partial charge in [0.1, 0.15) is 11.5 Å². The second-order valence-electron chi connectivity index (χ2n) is 5.23. The Morgan fingerprint density at radius 1 is 1.35 bits per heavy atom. The smallest absolute Gasteiger partial charge is 0.205 e. The van der Waals surface area contributed by atoms with E-state index in [4.69, 9.17) is 17.3 Å². The minimum absolute atomic E-state index is 0.00374. The summed E-state index contributed by atoms with van der Waals surface area (Å²) in [7, 11) is 0. The molecule has 0 aliphatic carbocycles. The van der Waals surface area contributed by atoms with Crippen molar-refractivity contribution in [3.63, 3.8) is 0 Å². The van der Waals surface area contributed by atoms with Crippen LogP contribution in [-0.2, 0) is 5.54 Å². The number of benzene rings is 1. The molecule has 0 saturated heterocycles. The molecule has 6 heteroatoms. The molecule has 0 aliphatic rings. The van der Waals surface area contributed by atoms with Crippen molar-refractivity contribution in [3.8, 4) is 5.69 Å². The van der Waals surface area contributed by atoms with E-state index in [1.54, 1.807) is 26.8 Å². The van der Waals surface area contributed by atoms with E-state index in [-0.39, 0.29) is 16.1 Å². The van der Waals surface area contributed by atoms with Gasteiger partial charge in [-0.2, -0.15) is 5.10 Å². The molecule has 0 atom stereocenters. The highest BCUT2D eigenvalue weighted by atomic mass is 35.5. The Bertz CT molecular complexity index is 719. The van der Waals surface area contributed by atoms with Crippen molar-refractivity contribution in [2.75, 3.05) is 0 Å². The number of nitrogens with two attached hydrogens (primary N) is 1. The van der Waals surface area contributed by atoms with E-state index in [1.165, 1.54) is 22.9 Å². The van der Waals surface area contributed by atoms with Gasteiger partial charge in [0, 0.05) is 11.8 Å².